The van der Waals surface area contributed by atoms with Gasteiger partial charge in [-0.3, -0.25) is 0 Å². The first-order valence-corrected chi connectivity index (χ1v) is 8.70. The number of hydrogen-bond donors (Lipinski definition) is 1. The van der Waals surface area contributed by atoms with Crippen LogP contribution in [-0.2, 0) is 24.3 Å². The van der Waals surface area contributed by atoms with Crippen molar-refractivity contribution in [2.24, 2.45) is 0 Å². The molecule has 9 heteroatoms. The van der Waals surface area contributed by atoms with Crippen molar-refractivity contribution in [3.05, 3.63) is 29.8 Å². The maximum absolute atomic E-state index is 12.0. The Balaban J connectivity index is 2.02. The second-order valence-corrected chi connectivity index (χ2v) is 6.97. The number of hydrogen-bond acceptors (Lipinski definition) is 7. The van der Waals surface area contributed by atoms with Crippen LogP contribution in [0.5, 0.6) is 0 Å². The van der Waals surface area contributed by atoms with Gasteiger partial charge in [-0.15, -0.1) is 0 Å². The zero-order valence-electron chi connectivity index (χ0n) is 12.9. The molecule has 1 N–H and O–H groups in total. The zero-order chi connectivity index (χ0) is 17.7. The lowest BCUT2D eigenvalue weighted by molar-refractivity contribution is -0.147. The molecule has 2 rings (SSSR count). The summed E-state index contributed by atoms with van der Waals surface area (Å²) in [5.74, 6) is -1.32. The average Bonchev–Trinajstić information content (AvgIpc) is 2.85. The van der Waals surface area contributed by atoms with Crippen LogP contribution in [0.25, 0.3) is 0 Å². The number of nitrogens with one attached hydrogen (secondary N) is 1. The van der Waals surface area contributed by atoms with Crippen molar-refractivity contribution in [1.82, 2.24) is 4.72 Å². The average molecular weight is 352 g/mol. The maximum atomic E-state index is 12.0. The van der Waals surface area contributed by atoms with Crippen molar-refractivity contribution in [3.63, 3.8) is 0 Å². The first-order chi connectivity index (χ1) is 11.3. The summed E-state index contributed by atoms with van der Waals surface area (Å²) < 4.78 is 36.1. The molecule has 1 heterocycles. The number of ether oxygens (including phenoxy) is 2. The first-order valence-electron chi connectivity index (χ1n) is 7.21. The van der Waals surface area contributed by atoms with Gasteiger partial charge in [0, 0.05) is 19.4 Å². The van der Waals surface area contributed by atoms with Gasteiger partial charge in [-0.2, -0.15) is 5.26 Å². The lowest BCUT2D eigenvalue weighted by Gasteiger charge is -2.09. The van der Waals surface area contributed by atoms with E-state index >= 15 is 0 Å². The van der Waals surface area contributed by atoms with Crippen molar-refractivity contribution in [3.8, 4) is 6.07 Å². The molecule has 128 valence electrons. The lowest BCUT2D eigenvalue weighted by Crippen LogP contribution is -2.25. The largest absolute Gasteiger partial charge is 0.460 e. The number of esters is 2. The third-order valence-electron chi connectivity index (χ3n) is 3.30. The molecule has 0 saturated carbocycles. The van der Waals surface area contributed by atoms with Crippen LogP contribution in [0.4, 0.5) is 0 Å². The number of rotatable bonds is 6. The molecule has 24 heavy (non-hydrogen) atoms. The summed E-state index contributed by atoms with van der Waals surface area (Å²) in [7, 11) is -3.74. The molecule has 0 aliphatic carbocycles. The van der Waals surface area contributed by atoms with E-state index in [2.05, 4.69) is 4.72 Å². The highest BCUT2D eigenvalue weighted by Gasteiger charge is 2.35. The van der Waals surface area contributed by atoms with Crippen LogP contribution >= 0.6 is 0 Å². The number of benzene rings is 1. The van der Waals surface area contributed by atoms with Crippen LogP contribution < -0.4 is 4.72 Å². The van der Waals surface area contributed by atoms with E-state index in [4.69, 9.17) is 14.7 Å². The number of sulfonamides is 1. The minimum Gasteiger partial charge on any atom is -0.460 e. The van der Waals surface area contributed by atoms with Gasteiger partial charge in [-0.1, -0.05) is 0 Å². The molecule has 1 aromatic carbocycles. The minimum absolute atomic E-state index is 0.00457. The van der Waals surface area contributed by atoms with E-state index in [1.807, 2.05) is 6.07 Å². The van der Waals surface area contributed by atoms with Gasteiger partial charge in [0.2, 0.25) is 16.1 Å². The topological polar surface area (TPSA) is 123 Å². The summed E-state index contributed by atoms with van der Waals surface area (Å²) in [5, 5.41) is 8.41. The van der Waals surface area contributed by atoms with E-state index in [-0.39, 0.29) is 29.5 Å². The first kappa shape index (κ1) is 17.9. The summed E-state index contributed by atoms with van der Waals surface area (Å²) in [5.41, 5.74) is 0.123. The quantitative estimate of drug-likeness (QED) is 0.591. The van der Waals surface area contributed by atoms with E-state index in [1.165, 1.54) is 24.3 Å². The molecule has 0 amide bonds. The summed E-state index contributed by atoms with van der Waals surface area (Å²) in [4.78, 5) is 23.4. The lowest BCUT2D eigenvalue weighted by atomic mass is 10.2. The Bertz CT molecular complexity index is 766. The van der Waals surface area contributed by atoms with Crippen LogP contribution in [-0.4, -0.2) is 39.1 Å². The predicted octanol–water partition coefficient (Wildman–Crippen LogP) is 0.739. The van der Waals surface area contributed by atoms with Crippen molar-refractivity contribution in [2.45, 2.75) is 36.9 Å². The van der Waals surface area contributed by atoms with Crippen LogP contribution in [0.3, 0.4) is 0 Å². The molecule has 0 bridgehead atoms. The van der Waals surface area contributed by atoms with Gasteiger partial charge in [-0.05, 0) is 31.2 Å². The highest BCUT2D eigenvalue weighted by atomic mass is 32.2. The van der Waals surface area contributed by atoms with E-state index in [0.717, 1.165) is 0 Å². The number of carbonyl (C=O) groups excluding carboxylic acids is 2. The second kappa shape index (κ2) is 7.42. The summed E-state index contributed by atoms with van der Waals surface area (Å²) in [6, 6.07) is 6.93. The van der Waals surface area contributed by atoms with Crippen LogP contribution in [0.15, 0.2) is 29.2 Å². The van der Waals surface area contributed by atoms with Crippen molar-refractivity contribution in [2.75, 3.05) is 6.54 Å². The molecular formula is C15H16N2O6S. The van der Waals surface area contributed by atoms with E-state index < -0.39 is 28.1 Å². The molecule has 0 spiro atoms. The third kappa shape index (κ3) is 4.31. The number of cyclic esters (lactones) is 1. The Kier molecular flexibility index (Phi) is 5.54. The predicted molar refractivity (Wildman–Crippen MR) is 81.2 cm³/mol. The monoisotopic (exact) mass is 352 g/mol. The Labute approximate surface area is 139 Å². The van der Waals surface area contributed by atoms with Gasteiger partial charge in [-0.25, -0.2) is 22.7 Å². The Morgan fingerprint density at radius 3 is 2.62 bits per heavy atom. The van der Waals surface area contributed by atoms with Crippen LogP contribution in [0.1, 0.15) is 30.1 Å². The van der Waals surface area contributed by atoms with Gasteiger partial charge in [0.25, 0.3) is 0 Å². The molecule has 8 nitrogen and oxygen atoms in total. The summed E-state index contributed by atoms with van der Waals surface area (Å²) >= 11 is 0. The number of nitrogens with zero attached hydrogens (tertiary/aromatic N) is 1. The molecule has 1 aromatic rings. The molecule has 0 unspecified atom stereocenters. The van der Waals surface area contributed by atoms with E-state index in [1.54, 1.807) is 6.92 Å². The molecule has 0 aromatic heterocycles. The molecule has 1 saturated heterocycles. The maximum Gasteiger partial charge on any atom is 0.347 e. The fraction of sp³-hybridized carbons (Fsp3) is 0.400. The van der Waals surface area contributed by atoms with E-state index in [0.29, 0.717) is 6.42 Å². The van der Waals surface area contributed by atoms with Gasteiger partial charge >= 0.3 is 11.9 Å². The summed E-state index contributed by atoms with van der Waals surface area (Å²) in [6.45, 7) is 1.70. The second-order valence-electron chi connectivity index (χ2n) is 5.21. The molecule has 1 fully saturated rings. The SMILES string of the molecule is C[C@H]1C[C@@H](OC(=O)c2ccc(S(=O)(=O)NCCC#N)cc2)C(=O)O1. The zero-order valence-corrected chi connectivity index (χ0v) is 13.7. The molecule has 1 aliphatic heterocycles. The normalized spacial score (nSPS) is 20.2. The van der Waals surface area contributed by atoms with Crippen molar-refractivity contribution >= 4 is 22.0 Å². The number of carbonyl (C=O) groups is 2. The van der Waals surface area contributed by atoms with Gasteiger partial charge in [0.1, 0.15) is 6.10 Å². The highest BCUT2D eigenvalue weighted by Crippen LogP contribution is 2.19. The van der Waals surface area contributed by atoms with Crippen molar-refractivity contribution < 1.29 is 27.5 Å². The van der Waals surface area contributed by atoms with E-state index in [9.17, 15) is 18.0 Å². The van der Waals surface area contributed by atoms with Gasteiger partial charge in [0.05, 0.1) is 16.5 Å². The summed E-state index contributed by atoms with van der Waals surface area (Å²) in [6.07, 6.45) is -0.898. The fourth-order valence-electron chi connectivity index (χ4n) is 2.11. The standard InChI is InChI=1S/C15H16N2O6S/c1-10-9-13(15(19)22-10)23-14(18)11-3-5-12(6-4-11)24(20,21)17-8-2-7-16/h3-6,10,13,17H,2,8-9H2,1H3/t10-,13+/m0/s1. The molecular weight excluding hydrogens is 336 g/mol. The Morgan fingerprint density at radius 1 is 1.42 bits per heavy atom. The Morgan fingerprint density at radius 2 is 2.08 bits per heavy atom. The molecule has 0 radical (unpaired) electrons. The molecule has 2 atom stereocenters. The fourth-order valence-corrected chi connectivity index (χ4v) is 3.14. The van der Waals surface area contributed by atoms with Crippen LogP contribution in [0.2, 0.25) is 0 Å². The molecule has 1 aliphatic rings. The minimum atomic E-state index is -3.74. The highest BCUT2D eigenvalue weighted by molar-refractivity contribution is 7.89. The number of nitriles is 1. The third-order valence-corrected chi connectivity index (χ3v) is 4.78. The smallest absolute Gasteiger partial charge is 0.347 e. The van der Waals surface area contributed by atoms with Crippen molar-refractivity contribution in [1.29, 1.82) is 5.26 Å². The van der Waals surface area contributed by atoms with Crippen LogP contribution in [0, 0.1) is 11.3 Å². The van der Waals surface area contributed by atoms with Gasteiger partial charge < -0.3 is 9.47 Å². The van der Waals surface area contributed by atoms with Gasteiger partial charge in [0.15, 0.2) is 0 Å². The Hall–Kier alpha value is -2.44.